The summed E-state index contributed by atoms with van der Waals surface area (Å²) in [5.41, 5.74) is 5.18. The van der Waals surface area contributed by atoms with Crippen molar-refractivity contribution in [2.45, 2.75) is 26.2 Å². The number of hydrazone groups is 1. The lowest BCUT2D eigenvalue weighted by Crippen LogP contribution is -2.17. The number of phenolic OH excluding ortho intramolecular Hbond substituents is 1. The first-order valence-corrected chi connectivity index (χ1v) is 7.09. The van der Waals surface area contributed by atoms with Crippen LogP contribution in [0, 0.1) is 0 Å². The molecule has 1 amide bonds. The van der Waals surface area contributed by atoms with Gasteiger partial charge in [-0.2, -0.15) is 5.10 Å². The molecule has 0 fully saturated rings. The molecule has 2 aromatic carbocycles. The number of hydrogen-bond acceptors (Lipinski definition) is 3. The summed E-state index contributed by atoms with van der Waals surface area (Å²) in [4.78, 5) is 11.8. The molecule has 4 heteroatoms. The van der Waals surface area contributed by atoms with Crippen molar-refractivity contribution in [3.63, 3.8) is 0 Å². The van der Waals surface area contributed by atoms with Crippen LogP contribution in [0.4, 0.5) is 0 Å². The van der Waals surface area contributed by atoms with Crippen molar-refractivity contribution < 1.29 is 9.90 Å². The van der Waals surface area contributed by atoms with E-state index >= 15 is 0 Å². The molecule has 0 bridgehead atoms. The number of nitrogens with one attached hydrogen (secondary N) is 1. The Kier molecular flexibility index (Phi) is 4.61. The molecular formula is C18H20N2O2. The van der Waals surface area contributed by atoms with Crippen molar-refractivity contribution in [2.75, 3.05) is 0 Å². The monoisotopic (exact) mass is 296 g/mol. The van der Waals surface area contributed by atoms with Gasteiger partial charge in [0.1, 0.15) is 5.75 Å². The van der Waals surface area contributed by atoms with Gasteiger partial charge < -0.3 is 5.11 Å². The van der Waals surface area contributed by atoms with Crippen LogP contribution in [0.15, 0.2) is 53.6 Å². The third kappa shape index (κ3) is 4.19. The lowest BCUT2D eigenvalue weighted by atomic mass is 9.87. The summed E-state index contributed by atoms with van der Waals surface area (Å²) in [6, 6.07) is 14.1. The third-order valence-electron chi connectivity index (χ3n) is 3.29. The topological polar surface area (TPSA) is 61.7 Å². The van der Waals surface area contributed by atoms with Crippen molar-refractivity contribution in [1.82, 2.24) is 5.43 Å². The van der Waals surface area contributed by atoms with E-state index < -0.39 is 0 Å². The molecule has 22 heavy (non-hydrogen) atoms. The van der Waals surface area contributed by atoms with Crippen LogP contribution in [-0.2, 0) is 5.41 Å². The van der Waals surface area contributed by atoms with Crippen molar-refractivity contribution in [3.05, 3.63) is 65.2 Å². The summed E-state index contributed by atoms with van der Waals surface area (Å²) in [7, 11) is 0. The zero-order valence-electron chi connectivity index (χ0n) is 13.0. The fourth-order valence-corrected chi connectivity index (χ4v) is 1.91. The average Bonchev–Trinajstić information content (AvgIpc) is 2.47. The minimum absolute atomic E-state index is 0.114. The van der Waals surface area contributed by atoms with Gasteiger partial charge in [-0.25, -0.2) is 5.43 Å². The van der Waals surface area contributed by atoms with Gasteiger partial charge in [0.2, 0.25) is 0 Å². The number of hydrogen-bond donors (Lipinski definition) is 2. The molecule has 4 nitrogen and oxygen atoms in total. The zero-order valence-corrected chi connectivity index (χ0v) is 13.0. The van der Waals surface area contributed by atoms with E-state index in [1.165, 1.54) is 29.8 Å². The van der Waals surface area contributed by atoms with E-state index in [1.807, 2.05) is 12.1 Å². The molecule has 0 unspecified atom stereocenters. The van der Waals surface area contributed by atoms with Gasteiger partial charge in [-0.15, -0.1) is 0 Å². The summed E-state index contributed by atoms with van der Waals surface area (Å²) < 4.78 is 0. The number of carbonyl (C=O) groups excluding carboxylic acids is 1. The van der Waals surface area contributed by atoms with Crippen LogP contribution in [0.5, 0.6) is 5.75 Å². The maximum Gasteiger partial charge on any atom is 0.271 e. The van der Waals surface area contributed by atoms with Gasteiger partial charge >= 0.3 is 0 Å². The van der Waals surface area contributed by atoms with Crippen LogP contribution in [0.3, 0.4) is 0 Å². The molecule has 0 aliphatic carbocycles. The van der Waals surface area contributed by atoms with Gasteiger partial charge in [0.15, 0.2) is 0 Å². The highest BCUT2D eigenvalue weighted by molar-refractivity contribution is 5.94. The summed E-state index contributed by atoms with van der Waals surface area (Å²) in [5, 5.41) is 13.1. The maximum atomic E-state index is 11.8. The van der Waals surface area contributed by atoms with Gasteiger partial charge in [-0.05, 0) is 40.8 Å². The quantitative estimate of drug-likeness (QED) is 0.673. The van der Waals surface area contributed by atoms with Crippen LogP contribution >= 0.6 is 0 Å². The van der Waals surface area contributed by atoms with Crippen molar-refractivity contribution in [1.29, 1.82) is 0 Å². The Balaban J connectivity index is 1.97. The molecule has 2 aromatic rings. The average molecular weight is 296 g/mol. The fraction of sp³-hybridized carbons (Fsp3) is 0.222. The van der Waals surface area contributed by atoms with E-state index in [2.05, 4.69) is 43.4 Å². The Labute approximate surface area is 130 Å². The van der Waals surface area contributed by atoms with E-state index in [0.717, 1.165) is 5.56 Å². The molecule has 0 heterocycles. The molecule has 0 aliphatic heterocycles. The first-order chi connectivity index (χ1) is 10.4. The largest absolute Gasteiger partial charge is 0.508 e. The predicted molar refractivity (Wildman–Crippen MR) is 88.3 cm³/mol. The second-order valence-corrected chi connectivity index (χ2v) is 6.12. The lowest BCUT2D eigenvalue weighted by molar-refractivity contribution is 0.0955. The second-order valence-electron chi connectivity index (χ2n) is 6.12. The molecule has 0 saturated heterocycles. The van der Waals surface area contributed by atoms with E-state index in [9.17, 15) is 9.90 Å². The predicted octanol–water partition coefficient (Wildman–Crippen LogP) is 3.45. The van der Waals surface area contributed by atoms with Crippen LogP contribution in [0.25, 0.3) is 0 Å². The van der Waals surface area contributed by atoms with Gasteiger partial charge in [-0.3, -0.25) is 4.79 Å². The molecule has 114 valence electrons. The second kappa shape index (κ2) is 6.43. The number of carbonyl (C=O) groups is 1. The summed E-state index contributed by atoms with van der Waals surface area (Å²) in [6.07, 6.45) is 1.60. The number of rotatable bonds is 3. The third-order valence-corrected chi connectivity index (χ3v) is 3.29. The standard InChI is InChI=1S/C18H20N2O2/c1-18(2,3)15-8-4-13(5-9-15)12-19-20-17(22)14-6-10-16(21)11-7-14/h4-12,21H,1-3H3,(H,20,22). The zero-order chi connectivity index (χ0) is 16.2. The van der Waals surface area contributed by atoms with Gasteiger partial charge in [0, 0.05) is 5.56 Å². The molecule has 0 radical (unpaired) electrons. The van der Waals surface area contributed by atoms with Crippen molar-refractivity contribution in [2.24, 2.45) is 5.10 Å². The van der Waals surface area contributed by atoms with Crippen LogP contribution < -0.4 is 5.43 Å². The van der Waals surface area contributed by atoms with E-state index in [1.54, 1.807) is 6.21 Å². The Morgan fingerprint density at radius 2 is 1.64 bits per heavy atom. The number of aromatic hydroxyl groups is 1. The molecule has 0 aromatic heterocycles. The van der Waals surface area contributed by atoms with Crippen LogP contribution in [0.1, 0.15) is 42.3 Å². The Bertz CT molecular complexity index is 666. The van der Waals surface area contributed by atoms with Crippen LogP contribution in [0.2, 0.25) is 0 Å². The molecule has 2 N–H and O–H groups in total. The molecular weight excluding hydrogens is 276 g/mol. The Morgan fingerprint density at radius 3 is 2.18 bits per heavy atom. The lowest BCUT2D eigenvalue weighted by Gasteiger charge is -2.18. The maximum absolute atomic E-state index is 11.8. The summed E-state index contributed by atoms with van der Waals surface area (Å²) in [6.45, 7) is 6.48. The fourth-order valence-electron chi connectivity index (χ4n) is 1.91. The summed E-state index contributed by atoms with van der Waals surface area (Å²) >= 11 is 0. The molecule has 0 atom stereocenters. The number of nitrogens with zero attached hydrogens (tertiary/aromatic N) is 1. The number of amides is 1. The molecule has 2 rings (SSSR count). The number of benzene rings is 2. The smallest absolute Gasteiger partial charge is 0.271 e. The first-order valence-electron chi connectivity index (χ1n) is 7.09. The van der Waals surface area contributed by atoms with Gasteiger partial charge in [0.25, 0.3) is 5.91 Å². The van der Waals surface area contributed by atoms with Crippen molar-refractivity contribution >= 4 is 12.1 Å². The highest BCUT2D eigenvalue weighted by Gasteiger charge is 2.12. The van der Waals surface area contributed by atoms with Gasteiger partial charge in [-0.1, -0.05) is 45.0 Å². The number of phenols is 1. The van der Waals surface area contributed by atoms with Crippen LogP contribution in [-0.4, -0.2) is 17.2 Å². The summed E-state index contributed by atoms with van der Waals surface area (Å²) in [5.74, 6) is -0.193. The highest BCUT2D eigenvalue weighted by Crippen LogP contribution is 2.21. The minimum atomic E-state index is -0.317. The Hall–Kier alpha value is -2.62. The SMILES string of the molecule is CC(C)(C)c1ccc(C=NNC(=O)c2ccc(O)cc2)cc1. The molecule has 0 saturated carbocycles. The minimum Gasteiger partial charge on any atom is -0.508 e. The first kappa shape index (κ1) is 15.8. The van der Waals surface area contributed by atoms with E-state index in [0.29, 0.717) is 5.56 Å². The van der Waals surface area contributed by atoms with E-state index in [-0.39, 0.29) is 17.1 Å². The molecule has 0 aliphatic rings. The van der Waals surface area contributed by atoms with Crippen molar-refractivity contribution in [3.8, 4) is 5.75 Å². The highest BCUT2D eigenvalue weighted by atomic mass is 16.3. The normalized spacial score (nSPS) is 11.6. The van der Waals surface area contributed by atoms with E-state index in [4.69, 9.17) is 0 Å². The molecule has 0 spiro atoms. The Morgan fingerprint density at radius 1 is 1.05 bits per heavy atom. The van der Waals surface area contributed by atoms with Gasteiger partial charge in [0.05, 0.1) is 6.21 Å².